The van der Waals surface area contributed by atoms with E-state index >= 15 is 0 Å². The highest BCUT2D eigenvalue weighted by molar-refractivity contribution is 6.17. The topological polar surface area (TPSA) is 37.7 Å². The maximum absolute atomic E-state index is 13.3. The molecule has 0 spiro atoms. The highest BCUT2D eigenvalue weighted by Gasteiger charge is 2.22. The molecule has 1 saturated heterocycles. The van der Waals surface area contributed by atoms with Crippen LogP contribution in [0.5, 0.6) is 5.75 Å². The van der Waals surface area contributed by atoms with Gasteiger partial charge in [-0.25, -0.2) is 0 Å². The van der Waals surface area contributed by atoms with Crippen molar-refractivity contribution in [1.29, 1.82) is 0 Å². The van der Waals surface area contributed by atoms with Crippen LogP contribution in [0, 0.1) is 13.8 Å². The van der Waals surface area contributed by atoms with E-state index in [1.165, 1.54) is 49.6 Å². The number of hydrogen-bond acceptors (Lipinski definition) is 3. The van der Waals surface area contributed by atoms with Gasteiger partial charge in [-0.1, -0.05) is 42.5 Å². The van der Waals surface area contributed by atoms with E-state index < -0.39 is 0 Å². The van der Waals surface area contributed by atoms with Crippen LogP contribution in [0.3, 0.4) is 0 Å². The van der Waals surface area contributed by atoms with Gasteiger partial charge in [-0.3, -0.25) is 9.69 Å². The van der Waals surface area contributed by atoms with E-state index in [2.05, 4.69) is 84.0 Å². The molecule has 0 aliphatic carbocycles. The number of aryl methyl sites for hydroxylation is 2. The molecule has 1 fully saturated rings. The third kappa shape index (κ3) is 6.36. The first-order chi connectivity index (χ1) is 21.4. The zero-order valence-corrected chi connectivity index (χ0v) is 26.9. The van der Waals surface area contributed by atoms with Gasteiger partial charge in [-0.05, 0) is 103 Å². The van der Waals surface area contributed by atoms with Crippen LogP contribution in [-0.2, 0) is 19.4 Å². The van der Waals surface area contributed by atoms with E-state index in [0.717, 1.165) is 69.8 Å². The summed E-state index contributed by atoms with van der Waals surface area (Å²) in [5, 5.41) is 3.81. The Morgan fingerprint density at radius 1 is 0.841 bits per heavy atom. The van der Waals surface area contributed by atoms with Crippen LogP contribution in [0.1, 0.15) is 44.7 Å². The first-order valence-corrected chi connectivity index (χ1v) is 16.3. The molecule has 5 aromatic rings. The van der Waals surface area contributed by atoms with Gasteiger partial charge < -0.3 is 14.2 Å². The Morgan fingerprint density at radius 3 is 2.36 bits per heavy atom. The van der Waals surface area contributed by atoms with E-state index in [0.29, 0.717) is 5.88 Å². The van der Waals surface area contributed by atoms with Crippen molar-refractivity contribution in [2.24, 2.45) is 0 Å². The zero-order valence-electron chi connectivity index (χ0n) is 26.1. The summed E-state index contributed by atoms with van der Waals surface area (Å²) in [7, 11) is 1.71. The lowest BCUT2D eigenvalue weighted by molar-refractivity contribution is 0.0638. The van der Waals surface area contributed by atoms with Crippen LogP contribution < -0.4 is 4.74 Å². The zero-order chi connectivity index (χ0) is 30.6. The van der Waals surface area contributed by atoms with E-state index in [9.17, 15) is 4.79 Å². The number of aromatic nitrogens is 1. The number of amides is 1. The minimum atomic E-state index is 0.128. The number of methoxy groups -OCH3 is 1. The van der Waals surface area contributed by atoms with Crippen molar-refractivity contribution in [3.8, 4) is 5.75 Å². The van der Waals surface area contributed by atoms with Gasteiger partial charge in [0.05, 0.1) is 7.11 Å². The van der Waals surface area contributed by atoms with Gasteiger partial charge in [0, 0.05) is 67.3 Å². The lowest BCUT2D eigenvalue weighted by Crippen LogP contribution is -2.49. The first-order valence-electron chi connectivity index (χ1n) is 15.8. The highest BCUT2D eigenvalue weighted by atomic mass is 35.5. The van der Waals surface area contributed by atoms with Gasteiger partial charge in [0.2, 0.25) is 0 Å². The predicted octanol–water partition coefficient (Wildman–Crippen LogP) is 7.64. The molecule has 0 atom stereocenters. The summed E-state index contributed by atoms with van der Waals surface area (Å²) in [5.74, 6) is 1.69. The van der Waals surface area contributed by atoms with Crippen LogP contribution in [0.15, 0.2) is 78.9 Å². The van der Waals surface area contributed by atoms with Gasteiger partial charge in [0.1, 0.15) is 5.75 Å². The SMILES string of the molecule is COc1ccc2cccc(CCN3CCN(C(=O)c4ccc(Cc5ccc6c(c5)c(C)c(C)n6CCCCl)cc4)CC3)c2c1. The summed E-state index contributed by atoms with van der Waals surface area (Å²) in [6.07, 6.45) is 2.79. The molecule has 1 aliphatic heterocycles. The Morgan fingerprint density at radius 2 is 1.61 bits per heavy atom. The third-order valence-corrected chi connectivity index (χ3v) is 9.63. The van der Waals surface area contributed by atoms with Gasteiger partial charge in [0.25, 0.3) is 5.91 Å². The number of carbonyl (C=O) groups excluding carboxylic acids is 1. The molecule has 0 N–H and O–H groups in total. The summed E-state index contributed by atoms with van der Waals surface area (Å²) in [5.41, 5.74) is 8.55. The number of fused-ring (bicyclic) bond motifs is 2. The molecule has 0 saturated carbocycles. The monoisotopic (exact) mass is 607 g/mol. The molecule has 1 aliphatic rings. The minimum absolute atomic E-state index is 0.128. The molecule has 6 rings (SSSR count). The molecule has 0 unspecified atom stereocenters. The smallest absolute Gasteiger partial charge is 0.253 e. The molecule has 1 amide bonds. The molecule has 2 heterocycles. The molecule has 0 radical (unpaired) electrons. The summed E-state index contributed by atoms with van der Waals surface area (Å²) in [6, 6.07) is 27.8. The standard InChI is InChI=1S/C38H42ClN3O2/c1-27-28(2)42(18-5-17-39)37-15-10-30(25-35(27)37)24-29-8-11-33(12-9-29)38(43)41-22-20-40(21-23-41)19-16-32-7-4-6-31-13-14-34(44-3)26-36(31)32/h4,6-15,25-26H,5,16-24H2,1-3H3. The van der Waals surface area contributed by atoms with Crippen molar-refractivity contribution in [3.63, 3.8) is 0 Å². The number of halogens is 1. The summed E-state index contributed by atoms with van der Waals surface area (Å²) < 4.78 is 7.84. The molecule has 0 bridgehead atoms. The second-order valence-corrected chi connectivity index (χ2v) is 12.4. The number of hydrogen-bond donors (Lipinski definition) is 0. The fourth-order valence-electron chi connectivity index (χ4n) is 6.61. The van der Waals surface area contributed by atoms with Crippen LogP contribution >= 0.6 is 11.6 Å². The average Bonchev–Trinajstić information content (AvgIpc) is 3.30. The minimum Gasteiger partial charge on any atom is -0.497 e. The fraction of sp³-hybridized carbons (Fsp3) is 0.342. The molecule has 6 heteroatoms. The van der Waals surface area contributed by atoms with Gasteiger partial charge in [-0.2, -0.15) is 0 Å². The van der Waals surface area contributed by atoms with Crippen LogP contribution in [0.2, 0.25) is 0 Å². The van der Waals surface area contributed by atoms with Crippen LogP contribution in [-0.4, -0.2) is 66.0 Å². The number of alkyl halides is 1. The normalized spacial score (nSPS) is 14.0. The van der Waals surface area contributed by atoms with Gasteiger partial charge in [-0.15, -0.1) is 11.6 Å². The molecule has 228 valence electrons. The van der Waals surface area contributed by atoms with Crippen LogP contribution in [0.25, 0.3) is 21.7 Å². The van der Waals surface area contributed by atoms with Gasteiger partial charge >= 0.3 is 0 Å². The third-order valence-electron chi connectivity index (χ3n) is 9.36. The first kappa shape index (κ1) is 30.2. The maximum atomic E-state index is 13.3. The van der Waals surface area contributed by atoms with Crippen LogP contribution in [0.4, 0.5) is 0 Å². The molecule has 4 aromatic carbocycles. The summed E-state index contributed by atoms with van der Waals surface area (Å²) in [4.78, 5) is 17.8. The van der Waals surface area contributed by atoms with Crippen molar-refractivity contribution in [2.45, 2.75) is 39.7 Å². The second-order valence-electron chi connectivity index (χ2n) is 12.0. The van der Waals surface area contributed by atoms with Crippen molar-refractivity contribution in [1.82, 2.24) is 14.4 Å². The van der Waals surface area contributed by atoms with Crippen molar-refractivity contribution in [3.05, 3.63) is 112 Å². The molecule has 5 nitrogen and oxygen atoms in total. The highest BCUT2D eigenvalue weighted by Crippen LogP contribution is 2.28. The lowest BCUT2D eigenvalue weighted by atomic mass is 10.0. The number of benzene rings is 4. The van der Waals surface area contributed by atoms with Crippen molar-refractivity contribution < 1.29 is 9.53 Å². The Kier molecular flexibility index (Phi) is 9.25. The summed E-state index contributed by atoms with van der Waals surface area (Å²) in [6.45, 7) is 9.64. The number of piperazine rings is 1. The second kappa shape index (κ2) is 13.5. The number of carbonyl (C=O) groups is 1. The Hall–Kier alpha value is -3.80. The molecule has 44 heavy (non-hydrogen) atoms. The maximum Gasteiger partial charge on any atom is 0.253 e. The largest absolute Gasteiger partial charge is 0.497 e. The Balaban J connectivity index is 1.04. The quantitative estimate of drug-likeness (QED) is 0.153. The van der Waals surface area contributed by atoms with E-state index in [-0.39, 0.29) is 5.91 Å². The summed E-state index contributed by atoms with van der Waals surface area (Å²) >= 11 is 5.97. The van der Waals surface area contributed by atoms with E-state index in [1.807, 2.05) is 23.1 Å². The van der Waals surface area contributed by atoms with Crippen molar-refractivity contribution >= 4 is 39.2 Å². The van der Waals surface area contributed by atoms with E-state index in [4.69, 9.17) is 16.3 Å². The van der Waals surface area contributed by atoms with E-state index in [1.54, 1.807) is 7.11 Å². The number of ether oxygens (including phenoxy) is 1. The number of rotatable bonds is 10. The average molecular weight is 608 g/mol. The Bertz CT molecular complexity index is 1770. The fourth-order valence-corrected chi connectivity index (χ4v) is 6.73. The Labute approximate surface area is 266 Å². The van der Waals surface area contributed by atoms with Gasteiger partial charge in [0.15, 0.2) is 0 Å². The molecular weight excluding hydrogens is 566 g/mol. The molecular formula is C38H42ClN3O2. The molecule has 1 aromatic heterocycles. The number of nitrogens with zero attached hydrogens (tertiary/aromatic N) is 3. The lowest BCUT2D eigenvalue weighted by Gasteiger charge is -2.35. The van der Waals surface area contributed by atoms with Crippen molar-refractivity contribution in [2.75, 3.05) is 45.7 Å². The predicted molar refractivity (Wildman–Crippen MR) is 183 cm³/mol.